The van der Waals surface area contributed by atoms with Gasteiger partial charge in [-0.1, -0.05) is 30.3 Å². The molecule has 4 atom stereocenters. The van der Waals surface area contributed by atoms with E-state index in [1.807, 2.05) is 48.3 Å². The monoisotopic (exact) mass is 694 g/mol. The summed E-state index contributed by atoms with van der Waals surface area (Å²) in [5.74, 6) is -2.67. The van der Waals surface area contributed by atoms with Crippen LogP contribution in [0.1, 0.15) is 55.0 Å². The van der Waals surface area contributed by atoms with Gasteiger partial charge in [-0.2, -0.15) is 9.65 Å². The van der Waals surface area contributed by atoms with Gasteiger partial charge in [0, 0.05) is 30.8 Å². The minimum atomic E-state index is -1.19. The van der Waals surface area contributed by atoms with Gasteiger partial charge in [0.05, 0.1) is 30.9 Å². The van der Waals surface area contributed by atoms with Crippen LogP contribution in [0.15, 0.2) is 77.9 Å². The van der Waals surface area contributed by atoms with Gasteiger partial charge in [0.2, 0.25) is 11.6 Å². The fourth-order valence-electron chi connectivity index (χ4n) is 7.26. The lowest BCUT2D eigenvalue weighted by Crippen LogP contribution is -2.41. The highest BCUT2D eigenvalue weighted by atomic mass is 19.1. The van der Waals surface area contributed by atoms with Crippen molar-refractivity contribution in [2.24, 2.45) is 16.8 Å². The van der Waals surface area contributed by atoms with Gasteiger partial charge in [0.25, 0.3) is 5.88 Å². The van der Waals surface area contributed by atoms with E-state index in [-0.39, 0.29) is 41.3 Å². The van der Waals surface area contributed by atoms with Crippen LogP contribution in [0.2, 0.25) is 0 Å². The molecule has 3 aliphatic rings. The quantitative estimate of drug-likeness (QED) is 0.145. The molecule has 2 aliphatic carbocycles. The second kappa shape index (κ2) is 14.4. The molecule has 0 amide bonds. The van der Waals surface area contributed by atoms with E-state index < -0.39 is 35.0 Å². The fourth-order valence-corrected chi connectivity index (χ4v) is 7.26. The number of carbonyl (C=O) groups excluding carboxylic acids is 1. The SMILES string of the molecule is COC(=O)C1CC2CCC(Oc3ccc(Oc4c(F)cnc(Oc5cc(C#N)ccc5OCc5ccccc5)c4F)c(C4N=CCN4C)c3)(C2)C1. The summed E-state index contributed by atoms with van der Waals surface area (Å²) >= 11 is 0. The summed E-state index contributed by atoms with van der Waals surface area (Å²) in [7, 11) is 3.29. The van der Waals surface area contributed by atoms with Crippen LogP contribution in [0.4, 0.5) is 8.78 Å². The van der Waals surface area contributed by atoms with Gasteiger partial charge in [0.15, 0.2) is 17.3 Å². The number of fused-ring (bicyclic) bond motifs is 2. The highest BCUT2D eigenvalue weighted by molar-refractivity contribution is 5.72. The van der Waals surface area contributed by atoms with Crippen molar-refractivity contribution in [3.8, 4) is 40.7 Å². The standard InChI is InChI=1S/C39H36F2N4O6/c1-45-15-14-43-36(45)29-18-28(51-39-13-12-25(19-39)16-27(20-39)38(46)47-2)9-11-31(29)49-35-30(40)22-44-37(34(35)41)50-33-17-26(21-42)8-10-32(33)48-23-24-6-4-3-5-7-24/h3-11,14,17-18,22,25,27,36H,12-13,15-16,19-20,23H2,1-2H3. The van der Waals surface area contributed by atoms with Crippen molar-refractivity contribution < 1.29 is 37.3 Å². The zero-order valence-corrected chi connectivity index (χ0v) is 28.2. The molecule has 262 valence electrons. The lowest BCUT2D eigenvalue weighted by molar-refractivity contribution is -0.149. The Bertz CT molecular complexity index is 2000. The maximum atomic E-state index is 16.1. The average Bonchev–Trinajstić information content (AvgIpc) is 3.71. The van der Waals surface area contributed by atoms with Gasteiger partial charge in [-0.05, 0) is 74.5 Å². The Balaban J connectivity index is 1.17. The smallest absolute Gasteiger partial charge is 0.308 e. The number of esters is 1. The van der Waals surface area contributed by atoms with E-state index in [2.05, 4.69) is 9.98 Å². The van der Waals surface area contributed by atoms with E-state index in [1.54, 1.807) is 36.5 Å². The molecule has 1 aliphatic heterocycles. The molecule has 2 saturated carbocycles. The highest BCUT2D eigenvalue weighted by Gasteiger charge is 2.49. The molecule has 0 spiro atoms. The summed E-state index contributed by atoms with van der Waals surface area (Å²) in [6, 6.07) is 21.0. The van der Waals surface area contributed by atoms with Crippen LogP contribution in [-0.4, -0.2) is 48.4 Å². The van der Waals surface area contributed by atoms with E-state index in [9.17, 15) is 10.1 Å². The molecule has 0 saturated heterocycles. The zero-order valence-electron chi connectivity index (χ0n) is 28.2. The van der Waals surface area contributed by atoms with Crippen LogP contribution >= 0.6 is 0 Å². The first-order valence-corrected chi connectivity index (χ1v) is 16.8. The van der Waals surface area contributed by atoms with Crippen molar-refractivity contribution >= 4 is 12.2 Å². The maximum Gasteiger partial charge on any atom is 0.308 e. The Hall–Kier alpha value is -5.54. The number of aromatic nitrogens is 1. The first-order chi connectivity index (χ1) is 24.7. The number of aliphatic imine (C=N–C) groups is 1. The zero-order chi connectivity index (χ0) is 35.5. The predicted molar refractivity (Wildman–Crippen MR) is 182 cm³/mol. The van der Waals surface area contributed by atoms with Crippen molar-refractivity contribution in [3.63, 3.8) is 0 Å². The summed E-state index contributed by atoms with van der Waals surface area (Å²) in [5.41, 5.74) is 1.14. The van der Waals surface area contributed by atoms with Gasteiger partial charge in [0.1, 0.15) is 29.9 Å². The van der Waals surface area contributed by atoms with Gasteiger partial charge >= 0.3 is 5.97 Å². The Labute approximate surface area is 294 Å². The molecule has 0 radical (unpaired) electrons. The molecule has 2 heterocycles. The average molecular weight is 695 g/mol. The number of halogens is 2. The summed E-state index contributed by atoms with van der Waals surface area (Å²) in [6.07, 6.45) is 6.01. The van der Waals surface area contributed by atoms with Crippen LogP contribution < -0.4 is 18.9 Å². The number of pyridine rings is 1. The third-order valence-electron chi connectivity index (χ3n) is 9.70. The van der Waals surface area contributed by atoms with Gasteiger partial charge < -0.3 is 23.7 Å². The molecule has 1 aromatic heterocycles. The van der Waals surface area contributed by atoms with Gasteiger partial charge in [-0.15, -0.1) is 0 Å². The van der Waals surface area contributed by atoms with Crippen molar-refractivity contribution in [2.45, 2.75) is 50.5 Å². The molecule has 2 fully saturated rings. The van der Waals surface area contributed by atoms with Gasteiger partial charge in [-0.3, -0.25) is 14.7 Å². The number of ether oxygens (including phenoxy) is 5. The van der Waals surface area contributed by atoms with Crippen molar-refractivity contribution in [3.05, 3.63) is 101 Å². The second-order valence-corrected chi connectivity index (χ2v) is 13.2. The fraction of sp³-hybridized carbons (Fsp3) is 0.333. The van der Waals surface area contributed by atoms with Crippen molar-refractivity contribution in [2.75, 3.05) is 20.7 Å². The maximum absolute atomic E-state index is 16.1. The number of rotatable bonds is 11. The third kappa shape index (κ3) is 7.21. The number of benzene rings is 3. The van der Waals surface area contributed by atoms with Crippen molar-refractivity contribution in [1.82, 2.24) is 9.88 Å². The van der Waals surface area contributed by atoms with Crippen LogP contribution in [-0.2, 0) is 16.1 Å². The Morgan fingerprint density at radius 2 is 1.86 bits per heavy atom. The first kappa shape index (κ1) is 33.9. The molecular formula is C39H36F2N4O6. The molecular weight excluding hydrogens is 658 g/mol. The molecule has 4 aromatic rings. The predicted octanol–water partition coefficient (Wildman–Crippen LogP) is 7.91. The van der Waals surface area contributed by atoms with Crippen LogP contribution in [0.25, 0.3) is 0 Å². The minimum absolute atomic E-state index is 0.0173. The topological polar surface area (TPSA) is 116 Å². The number of hydrogen-bond donors (Lipinski definition) is 0. The minimum Gasteiger partial charge on any atom is -0.487 e. The summed E-state index contributed by atoms with van der Waals surface area (Å²) in [6.45, 7) is 0.749. The Morgan fingerprint density at radius 3 is 2.63 bits per heavy atom. The van der Waals surface area contributed by atoms with E-state index in [4.69, 9.17) is 23.7 Å². The number of methoxy groups -OCH3 is 1. The molecule has 7 rings (SSSR count). The molecule has 12 heteroatoms. The first-order valence-electron chi connectivity index (χ1n) is 16.8. The van der Waals surface area contributed by atoms with E-state index in [0.717, 1.165) is 37.4 Å². The lowest BCUT2D eigenvalue weighted by Gasteiger charge is -2.37. The van der Waals surface area contributed by atoms with Gasteiger partial charge in [-0.25, -0.2) is 9.37 Å². The molecule has 4 unspecified atom stereocenters. The third-order valence-corrected chi connectivity index (χ3v) is 9.70. The number of hydrogen-bond acceptors (Lipinski definition) is 10. The number of nitriles is 1. The molecule has 3 aromatic carbocycles. The lowest BCUT2D eigenvalue weighted by atomic mass is 9.78. The Kier molecular flexibility index (Phi) is 9.56. The number of carbonyl (C=O) groups is 1. The number of nitrogens with zero attached hydrogens (tertiary/aromatic N) is 4. The molecule has 51 heavy (non-hydrogen) atoms. The highest BCUT2D eigenvalue weighted by Crippen LogP contribution is 2.51. The Morgan fingerprint density at radius 1 is 1.04 bits per heavy atom. The van der Waals surface area contributed by atoms with E-state index >= 15 is 8.78 Å². The van der Waals surface area contributed by atoms with Crippen LogP contribution in [0.3, 0.4) is 0 Å². The molecule has 2 bridgehead atoms. The van der Waals surface area contributed by atoms with Crippen molar-refractivity contribution in [1.29, 1.82) is 5.26 Å². The second-order valence-electron chi connectivity index (χ2n) is 13.2. The molecule has 10 nitrogen and oxygen atoms in total. The van der Waals surface area contributed by atoms with E-state index in [1.165, 1.54) is 13.2 Å². The summed E-state index contributed by atoms with van der Waals surface area (Å²) < 4.78 is 60.9. The summed E-state index contributed by atoms with van der Waals surface area (Å²) in [4.78, 5) is 22.9. The molecule has 0 N–H and O–H groups in total. The van der Waals surface area contributed by atoms with Crippen LogP contribution in [0.5, 0.6) is 34.6 Å². The normalized spacial score (nSPS) is 22.3. The van der Waals surface area contributed by atoms with Crippen LogP contribution in [0, 0.1) is 34.8 Å². The largest absolute Gasteiger partial charge is 0.487 e. The summed E-state index contributed by atoms with van der Waals surface area (Å²) in [5, 5.41) is 9.50. The van der Waals surface area contributed by atoms with E-state index in [0.29, 0.717) is 30.2 Å².